The van der Waals surface area contributed by atoms with Gasteiger partial charge in [0.1, 0.15) is 12.2 Å². The lowest BCUT2D eigenvalue weighted by Gasteiger charge is -2.58. The van der Waals surface area contributed by atoms with E-state index in [4.69, 9.17) is 9.47 Å². The van der Waals surface area contributed by atoms with E-state index in [-0.39, 0.29) is 23.4 Å². The first kappa shape index (κ1) is 27.8. The summed E-state index contributed by atoms with van der Waals surface area (Å²) in [6.45, 7) is 14.0. The minimum absolute atomic E-state index is 0.0219. The van der Waals surface area contributed by atoms with E-state index in [1.165, 1.54) is 37.0 Å². The van der Waals surface area contributed by atoms with Gasteiger partial charge in [0.05, 0.1) is 5.76 Å². The van der Waals surface area contributed by atoms with Crippen LogP contribution in [-0.2, 0) is 19.1 Å². The topological polar surface area (TPSA) is 64.6 Å². The Labute approximate surface area is 230 Å². The van der Waals surface area contributed by atoms with Gasteiger partial charge in [0.15, 0.2) is 0 Å². The van der Waals surface area contributed by atoms with Crippen molar-refractivity contribution in [1.29, 1.82) is 0 Å². The van der Waals surface area contributed by atoms with Gasteiger partial charge in [0.25, 0.3) is 0 Å². The Morgan fingerprint density at radius 1 is 1.21 bits per heavy atom. The maximum absolute atomic E-state index is 12.1. The predicted molar refractivity (Wildman–Crippen MR) is 150 cm³/mol. The lowest BCUT2D eigenvalue weighted by molar-refractivity contribution is -0.151. The number of carbonyl (C=O) groups excluding carboxylic acids is 2. The fourth-order valence-corrected chi connectivity index (χ4v) is 9.56. The minimum Gasteiger partial charge on any atom is -0.494 e. The van der Waals surface area contributed by atoms with Crippen molar-refractivity contribution in [1.82, 2.24) is 5.32 Å². The van der Waals surface area contributed by atoms with Crippen LogP contribution in [0.25, 0.3) is 0 Å². The van der Waals surface area contributed by atoms with E-state index in [0.29, 0.717) is 29.8 Å². The third kappa shape index (κ3) is 4.85. The number of fused-ring (bicyclic) bond motifs is 7. The summed E-state index contributed by atoms with van der Waals surface area (Å²) in [4.78, 5) is 23.4. The normalized spacial score (nSPS) is 40.2. The van der Waals surface area contributed by atoms with Crippen molar-refractivity contribution in [2.24, 2.45) is 40.4 Å². The molecule has 212 valence electrons. The first-order valence-corrected chi connectivity index (χ1v) is 15.6. The summed E-state index contributed by atoms with van der Waals surface area (Å²) in [6, 6.07) is 0. The highest BCUT2D eigenvalue weighted by atomic mass is 16.5. The van der Waals surface area contributed by atoms with Gasteiger partial charge in [-0.05, 0) is 98.4 Å². The lowest BCUT2D eigenvalue weighted by atomic mass is 9.47. The highest BCUT2D eigenvalue weighted by molar-refractivity contribution is 5.72. The van der Waals surface area contributed by atoms with Crippen molar-refractivity contribution in [2.75, 3.05) is 6.54 Å². The summed E-state index contributed by atoms with van der Waals surface area (Å²) in [7, 11) is 0. The molecule has 5 nitrogen and oxygen atoms in total. The Hall–Kier alpha value is -1.78. The van der Waals surface area contributed by atoms with E-state index in [1.807, 2.05) is 6.92 Å². The second-order valence-corrected chi connectivity index (χ2v) is 14.0. The number of ether oxygens (including phenoxy) is 2. The molecule has 1 aliphatic heterocycles. The van der Waals surface area contributed by atoms with Crippen molar-refractivity contribution in [2.45, 2.75) is 124 Å². The number of amides is 1. The van der Waals surface area contributed by atoms with Crippen LogP contribution in [0.4, 0.5) is 0 Å². The van der Waals surface area contributed by atoms with Crippen LogP contribution in [0.15, 0.2) is 23.0 Å². The molecule has 9 atom stereocenters. The van der Waals surface area contributed by atoms with E-state index in [0.717, 1.165) is 62.8 Å². The Bertz CT molecular complexity index is 999. The number of allylic oxidation sites excluding steroid dienone is 2. The molecule has 38 heavy (non-hydrogen) atoms. The Kier molecular flexibility index (Phi) is 7.79. The number of rotatable bonds is 8. The second kappa shape index (κ2) is 10.7. The molecule has 4 aliphatic carbocycles. The molecule has 3 saturated carbocycles. The van der Waals surface area contributed by atoms with Gasteiger partial charge >= 0.3 is 5.97 Å². The predicted octanol–water partition coefficient (Wildman–Crippen LogP) is 7.11. The van der Waals surface area contributed by atoms with Crippen LogP contribution in [0, 0.1) is 40.4 Å². The number of esters is 1. The van der Waals surface area contributed by atoms with Crippen molar-refractivity contribution in [3.8, 4) is 0 Å². The van der Waals surface area contributed by atoms with Gasteiger partial charge in [-0.3, -0.25) is 9.59 Å². The molecule has 0 saturated heterocycles. The summed E-state index contributed by atoms with van der Waals surface area (Å²) in [5.74, 6) is 4.49. The Morgan fingerprint density at radius 2 is 2.00 bits per heavy atom. The van der Waals surface area contributed by atoms with Crippen molar-refractivity contribution in [3.05, 3.63) is 23.0 Å². The van der Waals surface area contributed by atoms with Crippen molar-refractivity contribution < 1.29 is 19.1 Å². The van der Waals surface area contributed by atoms with Crippen molar-refractivity contribution in [3.63, 3.8) is 0 Å². The van der Waals surface area contributed by atoms with Gasteiger partial charge in [-0.2, -0.15) is 0 Å². The first-order valence-electron chi connectivity index (χ1n) is 15.6. The molecule has 0 bridgehead atoms. The van der Waals surface area contributed by atoms with E-state index >= 15 is 0 Å². The van der Waals surface area contributed by atoms with Crippen LogP contribution in [-0.4, -0.2) is 30.6 Å². The average Bonchev–Trinajstić information content (AvgIpc) is 3.34. The van der Waals surface area contributed by atoms with Gasteiger partial charge in [0.2, 0.25) is 5.91 Å². The molecule has 0 aromatic rings. The van der Waals surface area contributed by atoms with Crippen LogP contribution in [0.1, 0.15) is 112 Å². The molecule has 3 fully saturated rings. The highest BCUT2D eigenvalue weighted by Gasteiger charge is 2.63. The smallest absolute Gasteiger partial charge is 0.306 e. The average molecular weight is 526 g/mol. The molecule has 1 heterocycles. The molecule has 0 aromatic heterocycles. The summed E-state index contributed by atoms with van der Waals surface area (Å²) in [6.07, 6.45) is 14.5. The van der Waals surface area contributed by atoms with E-state index < -0.39 is 0 Å². The van der Waals surface area contributed by atoms with Crippen LogP contribution in [0.2, 0.25) is 0 Å². The first-order chi connectivity index (χ1) is 18.1. The summed E-state index contributed by atoms with van der Waals surface area (Å²) in [5.41, 5.74) is 3.67. The quantitative estimate of drug-likeness (QED) is 0.271. The van der Waals surface area contributed by atoms with E-state index in [1.54, 1.807) is 12.5 Å². The largest absolute Gasteiger partial charge is 0.494 e. The SMILES string of the molecule is CCCC(=O)O[C@@H]1CC[C@@]2(C)C(=CC[C@H]3[C@@H]4C[C@@H]5OC(CC[C@@H](C)CNC(C)=O)=C(C)[C@@H]5[C@@]4(C)CC[C@@H]32)C1. The number of carbonyl (C=O) groups is 2. The van der Waals surface area contributed by atoms with Gasteiger partial charge in [-0.15, -0.1) is 0 Å². The zero-order valence-electron chi connectivity index (χ0n) is 24.7. The molecule has 0 spiro atoms. The van der Waals surface area contributed by atoms with Gasteiger partial charge < -0.3 is 14.8 Å². The maximum Gasteiger partial charge on any atom is 0.306 e. The van der Waals surface area contributed by atoms with E-state index in [2.05, 4.69) is 39.1 Å². The zero-order valence-corrected chi connectivity index (χ0v) is 24.7. The molecule has 1 amide bonds. The third-order valence-corrected chi connectivity index (χ3v) is 11.6. The second-order valence-electron chi connectivity index (χ2n) is 14.0. The molecule has 5 rings (SSSR count). The fraction of sp³-hybridized carbons (Fsp3) is 0.818. The molecule has 0 unspecified atom stereocenters. The summed E-state index contributed by atoms with van der Waals surface area (Å²) < 4.78 is 12.6. The van der Waals surface area contributed by atoms with Crippen LogP contribution in [0.5, 0.6) is 0 Å². The molecular formula is C33H51NO4. The molecule has 5 aliphatic rings. The van der Waals surface area contributed by atoms with Gasteiger partial charge in [0, 0.05) is 38.6 Å². The number of nitrogens with one attached hydrogen (secondary N) is 1. The molecule has 5 heteroatoms. The number of hydrogen-bond acceptors (Lipinski definition) is 4. The minimum atomic E-state index is -0.0219. The highest BCUT2D eigenvalue weighted by Crippen LogP contribution is 2.69. The molecule has 0 radical (unpaired) electrons. The van der Waals surface area contributed by atoms with E-state index in [9.17, 15) is 9.59 Å². The standard InChI is InChI=1S/C33H51NO4/c1-7-8-30(36)37-24-13-15-32(5)23(17-24)10-11-25-26(32)14-16-33(6)27(25)18-29-31(33)21(3)28(38-29)12-9-20(2)19-34-22(4)35/h10,20,24-27,29,31H,7-9,11-19H2,1-6H3,(H,34,35)/t20-,24-,25-,26+,27+,29+,31+,32+,33+/m1/s1. The molecule has 1 N–H and O–H groups in total. The number of hydrogen-bond donors (Lipinski definition) is 1. The zero-order chi connectivity index (χ0) is 27.2. The summed E-state index contributed by atoms with van der Waals surface area (Å²) >= 11 is 0. The molecular weight excluding hydrogens is 474 g/mol. The van der Waals surface area contributed by atoms with Crippen LogP contribution in [0.3, 0.4) is 0 Å². The lowest BCUT2D eigenvalue weighted by Crippen LogP contribution is -2.50. The monoisotopic (exact) mass is 525 g/mol. The maximum atomic E-state index is 12.1. The molecule has 0 aromatic carbocycles. The Morgan fingerprint density at radius 3 is 2.74 bits per heavy atom. The third-order valence-electron chi connectivity index (χ3n) is 11.6. The summed E-state index contributed by atoms with van der Waals surface area (Å²) in [5, 5.41) is 2.96. The fourth-order valence-electron chi connectivity index (χ4n) is 9.56. The Balaban J connectivity index is 1.26. The van der Waals surface area contributed by atoms with Crippen LogP contribution < -0.4 is 5.32 Å². The van der Waals surface area contributed by atoms with Crippen LogP contribution >= 0.6 is 0 Å². The van der Waals surface area contributed by atoms with Crippen molar-refractivity contribution >= 4 is 11.9 Å². The van der Waals surface area contributed by atoms with Gasteiger partial charge in [-0.25, -0.2) is 0 Å². The van der Waals surface area contributed by atoms with Gasteiger partial charge in [-0.1, -0.05) is 39.3 Å².